The molecule has 0 fully saturated rings. The molecule has 1 N–H and O–H groups in total. The summed E-state index contributed by atoms with van der Waals surface area (Å²) < 4.78 is 5.57. The second-order valence-corrected chi connectivity index (χ2v) is 9.69. The lowest BCUT2D eigenvalue weighted by atomic mass is 9.87. The standard InChI is InChI=1S/C25H29N3O5/c1-25(2,3)33-24(30)27-15-18-13-19(28(31)32)12-11-17(18)14-22(27)23(29)26-21-10-6-8-16-7-4-5-9-20(16)21/h4-5,7,9,11-13,21-22H,6,8,10,14-15H2,1-3H3,(H,26,29)/t21-,22+/m1/s1. The summed E-state index contributed by atoms with van der Waals surface area (Å²) in [6.07, 6.45) is 2.47. The van der Waals surface area contributed by atoms with E-state index in [0.717, 1.165) is 30.4 Å². The summed E-state index contributed by atoms with van der Waals surface area (Å²) in [6.45, 7) is 5.37. The zero-order valence-corrected chi connectivity index (χ0v) is 19.2. The number of nitrogens with zero attached hydrogens (tertiary/aromatic N) is 2. The van der Waals surface area contributed by atoms with Gasteiger partial charge in [0.15, 0.2) is 0 Å². The number of aryl methyl sites for hydroxylation is 1. The van der Waals surface area contributed by atoms with Gasteiger partial charge in [-0.05, 0) is 62.3 Å². The van der Waals surface area contributed by atoms with Gasteiger partial charge in [0, 0.05) is 18.6 Å². The molecule has 2 aliphatic rings. The lowest BCUT2D eigenvalue weighted by Crippen LogP contribution is -2.54. The quantitative estimate of drug-likeness (QED) is 0.549. The van der Waals surface area contributed by atoms with E-state index < -0.39 is 22.7 Å². The Labute approximate surface area is 193 Å². The van der Waals surface area contributed by atoms with Crippen LogP contribution in [0, 0.1) is 10.1 Å². The van der Waals surface area contributed by atoms with Crippen LogP contribution in [0.3, 0.4) is 0 Å². The first-order valence-corrected chi connectivity index (χ1v) is 11.3. The Morgan fingerprint density at radius 1 is 1.12 bits per heavy atom. The number of hydrogen-bond acceptors (Lipinski definition) is 5. The van der Waals surface area contributed by atoms with Crippen molar-refractivity contribution in [3.63, 3.8) is 0 Å². The van der Waals surface area contributed by atoms with Gasteiger partial charge in [0.05, 0.1) is 17.5 Å². The number of nitro benzene ring substituents is 1. The van der Waals surface area contributed by atoms with Crippen molar-refractivity contribution in [3.05, 3.63) is 74.8 Å². The minimum Gasteiger partial charge on any atom is -0.444 e. The van der Waals surface area contributed by atoms with Crippen molar-refractivity contribution in [1.29, 1.82) is 0 Å². The molecule has 0 aromatic heterocycles. The van der Waals surface area contributed by atoms with E-state index in [-0.39, 0.29) is 30.6 Å². The molecule has 8 nitrogen and oxygen atoms in total. The van der Waals surface area contributed by atoms with Gasteiger partial charge in [-0.1, -0.05) is 30.3 Å². The first-order chi connectivity index (χ1) is 15.6. The molecule has 0 spiro atoms. The number of fused-ring (bicyclic) bond motifs is 2. The summed E-state index contributed by atoms with van der Waals surface area (Å²) >= 11 is 0. The fraction of sp³-hybridized carbons (Fsp3) is 0.440. The van der Waals surface area contributed by atoms with E-state index in [0.29, 0.717) is 5.56 Å². The normalized spacial score (nSPS) is 19.8. The molecule has 1 heterocycles. The van der Waals surface area contributed by atoms with Gasteiger partial charge in [0.1, 0.15) is 11.6 Å². The molecule has 0 bridgehead atoms. The van der Waals surface area contributed by atoms with Crippen LogP contribution in [0.5, 0.6) is 0 Å². The molecular formula is C25H29N3O5. The summed E-state index contributed by atoms with van der Waals surface area (Å²) in [5.74, 6) is -0.244. The van der Waals surface area contributed by atoms with Crippen LogP contribution in [-0.2, 0) is 28.9 Å². The number of hydrogen-bond donors (Lipinski definition) is 1. The van der Waals surface area contributed by atoms with Gasteiger partial charge in [-0.3, -0.25) is 19.8 Å². The van der Waals surface area contributed by atoms with Crippen molar-refractivity contribution in [2.24, 2.45) is 0 Å². The number of carbonyl (C=O) groups excluding carboxylic acids is 2. The van der Waals surface area contributed by atoms with Crippen LogP contribution in [-0.4, -0.2) is 33.5 Å². The number of nitrogens with one attached hydrogen (secondary N) is 1. The van der Waals surface area contributed by atoms with Gasteiger partial charge in [-0.2, -0.15) is 0 Å². The summed E-state index contributed by atoms with van der Waals surface area (Å²) in [5, 5.41) is 14.4. The number of amides is 2. The first-order valence-electron chi connectivity index (χ1n) is 11.3. The van der Waals surface area contributed by atoms with E-state index in [1.165, 1.54) is 22.6 Å². The minimum atomic E-state index is -0.761. The first kappa shape index (κ1) is 22.8. The van der Waals surface area contributed by atoms with Crippen molar-refractivity contribution >= 4 is 17.7 Å². The third-order valence-electron chi connectivity index (χ3n) is 6.15. The molecule has 2 amide bonds. The number of non-ortho nitro benzene ring substituents is 1. The van der Waals surface area contributed by atoms with E-state index in [1.807, 2.05) is 18.2 Å². The van der Waals surface area contributed by atoms with Gasteiger partial charge in [-0.25, -0.2) is 4.79 Å². The Balaban J connectivity index is 1.62. The number of nitro groups is 1. The summed E-state index contributed by atoms with van der Waals surface area (Å²) in [7, 11) is 0. The van der Waals surface area contributed by atoms with Crippen LogP contribution >= 0.6 is 0 Å². The lowest BCUT2D eigenvalue weighted by Gasteiger charge is -2.38. The summed E-state index contributed by atoms with van der Waals surface area (Å²) in [6, 6.07) is 11.8. The highest BCUT2D eigenvalue weighted by molar-refractivity contribution is 5.87. The Morgan fingerprint density at radius 3 is 2.61 bits per heavy atom. The van der Waals surface area contributed by atoms with Gasteiger partial charge >= 0.3 is 6.09 Å². The van der Waals surface area contributed by atoms with Crippen LogP contribution in [0.4, 0.5) is 10.5 Å². The van der Waals surface area contributed by atoms with Crippen LogP contribution in [0.25, 0.3) is 0 Å². The van der Waals surface area contributed by atoms with E-state index in [1.54, 1.807) is 26.8 Å². The van der Waals surface area contributed by atoms with E-state index in [4.69, 9.17) is 4.74 Å². The van der Waals surface area contributed by atoms with E-state index >= 15 is 0 Å². The molecule has 8 heteroatoms. The fourth-order valence-electron chi connectivity index (χ4n) is 4.60. The fourth-order valence-corrected chi connectivity index (χ4v) is 4.60. The molecular weight excluding hydrogens is 422 g/mol. The molecule has 0 unspecified atom stereocenters. The maximum Gasteiger partial charge on any atom is 0.411 e. The van der Waals surface area contributed by atoms with Crippen molar-refractivity contribution in [3.8, 4) is 0 Å². The molecule has 1 aliphatic heterocycles. The third kappa shape index (κ3) is 4.99. The zero-order valence-electron chi connectivity index (χ0n) is 19.2. The SMILES string of the molecule is CC(C)(C)OC(=O)N1Cc2cc([N+](=O)[O-])ccc2C[C@H]1C(=O)N[C@@H]1CCCc2ccccc21. The lowest BCUT2D eigenvalue weighted by molar-refractivity contribution is -0.385. The molecule has 2 aromatic carbocycles. The monoisotopic (exact) mass is 451 g/mol. The molecule has 33 heavy (non-hydrogen) atoms. The number of ether oxygens (including phenoxy) is 1. The Kier molecular flexibility index (Phi) is 6.10. The van der Waals surface area contributed by atoms with Crippen molar-refractivity contribution in [1.82, 2.24) is 10.2 Å². The average molecular weight is 452 g/mol. The topological polar surface area (TPSA) is 102 Å². The zero-order chi connectivity index (χ0) is 23.8. The maximum absolute atomic E-state index is 13.5. The van der Waals surface area contributed by atoms with Crippen molar-refractivity contribution in [2.45, 2.75) is 70.7 Å². The molecule has 0 saturated carbocycles. The maximum atomic E-state index is 13.5. The highest BCUT2D eigenvalue weighted by Gasteiger charge is 2.38. The van der Waals surface area contributed by atoms with Gasteiger partial charge in [0.2, 0.25) is 5.91 Å². The molecule has 0 saturated heterocycles. The highest BCUT2D eigenvalue weighted by Crippen LogP contribution is 2.32. The molecule has 1 aliphatic carbocycles. The van der Waals surface area contributed by atoms with Gasteiger partial charge in [0.25, 0.3) is 5.69 Å². The number of carbonyl (C=O) groups is 2. The third-order valence-corrected chi connectivity index (χ3v) is 6.15. The predicted octanol–water partition coefficient (Wildman–Crippen LogP) is 4.45. The van der Waals surface area contributed by atoms with E-state index in [9.17, 15) is 19.7 Å². The van der Waals surface area contributed by atoms with Crippen molar-refractivity contribution < 1.29 is 19.2 Å². The Bertz CT molecular complexity index is 1090. The van der Waals surface area contributed by atoms with Crippen LogP contribution in [0.15, 0.2) is 42.5 Å². The van der Waals surface area contributed by atoms with Crippen LogP contribution in [0.1, 0.15) is 61.9 Å². The highest BCUT2D eigenvalue weighted by atomic mass is 16.6. The van der Waals surface area contributed by atoms with Gasteiger partial charge in [-0.15, -0.1) is 0 Å². The van der Waals surface area contributed by atoms with Crippen LogP contribution < -0.4 is 5.32 Å². The van der Waals surface area contributed by atoms with Crippen molar-refractivity contribution in [2.75, 3.05) is 0 Å². The summed E-state index contributed by atoms with van der Waals surface area (Å²) in [5.41, 5.74) is 3.06. The smallest absolute Gasteiger partial charge is 0.411 e. The molecule has 174 valence electrons. The largest absolute Gasteiger partial charge is 0.444 e. The Hall–Kier alpha value is -3.42. The summed E-state index contributed by atoms with van der Waals surface area (Å²) in [4.78, 5) is 38.7. The molecule has 4 rings (SSSR count). The van der Waals surface area contributed by atoms with Gasteiger partial charge < -0.3 is 10.1 Å². The van der Waals surface area contributed by atoms with Crippen LogP contribution in [0.2, 0.25) is 0 Å². The van der Waals surface area contributed by atoms with E-state index in [2.05, 4.69) is 11.4 Å². The minimum absolute atomic E-state index is 0.0420. The second-order valence-electron chi connectivity index (χ2n) is 9.69. The predicted molar refractivity (Wildman–Crippen MR) is 123 cm³/mol. The molecule has 2 atom stereocenters. The Morgan fingerprint density at radius 2 is 1.88 bits per heavy atom. The number of benzene rings is 2. The molecule has 0 radical (unpaired) electrons. The number of rotatable bonds is 3. The second kappa shape index (κ2) is 8.84. The average Bonchev–Trinajstić information content (AvgIpc) is 2.76. The molecule has 2 aromatic rings.